The summed E-state index contributed by atoms with van der Waals surface area (Å²) in [5.41, 5.74) is 2.57. The van der Waals surface area contributed by atoms with E-state index in [9.17, 15) is 0 Å². The molecule has 0 bridgehead atoms. The Morgan fingerprint density at radius 1 is 1.15 bits per heavy atom. The van der Waals surface area contributed by atoms with Crippen molar-refractivity contribution in [2.45, 2.75) is 13.1 Å². The predicted molar refractivity (Wildman–Crippen MR) is 81.5 cm³/mol. The molecule has 0 spiro atoms. The largest absolute Gasteiger partial charge is 0.310 e. The highest BCUT2D eigenvalue weighted by atomic mass is 32.1. The molecule has 20 heavy (non-hydrogen) atoms. The minimum Gasteiger partial charge on any atom is -0.310 e. The molecule has 0 fully saturated rings. The van der Waals surface area contributed by atoms with Crippen LogP contribution in [-0.2, 0) is 13.1 Å². The lowest BCUT2D eigenvalue weighted by molar-refractivity contribution is 0.542. The summed E-state index contributed by atoms with van der Waals surface area (Å²) in [4.78, 5) is 1.35. The van der Waals surface area contributed by atoms with Crippen LogP contribution < -0.4 is 5.32 Å². The van der Waals surface area contributed by atoms with E-state index in [-0.39, 0.29) is 0 Å². The first-order chi connectivity index (χ1) is 9.92. The van der Waals surface area contributed by atoms with Crippen molar-refractivity contribution >= 4 is 11.3 Å². The van der Waals surface area contributed by atoms with Gasteiger partial charge in [-0.3, -0.25) is 4.68 Å². The molecule has 4 nitrogen and oxygen atoms in total. The first kappa shape index (κ1) is 13.0. The van der Waals surface area contributed by atoms with Crippen LogP contribution in [0.2, 0.25) is 0 Å². The van der Waals surface area contributed by atoms with Crippen molar-refractivity contribution in [3.8, 4) is 11.1 Å². The first-order valence-corrected chi connectivity index (χ1v) is 7.47. The van der Waals surface area contributed by atoms with E-state index >= 15 is 0 Å². The maximum Gasteiger partial charge on any atom is 0.0692 e. The standard InChI is InChI=1S/C15H16N4S/c1-2-4-13(5-3-1)14-10-15(20-12-14)11-16-6-8-19-9-7-17-18-19/h1-5,7,9-10,12,16H,6,8,11H2. The first-order valence-electron chi connectivity index (χ1n) is 6.59. The third kappa shape index (κ3) is 3.31. The monoisotopic (exact) mass is 284 g/mol. The average Bonchev–Trinajstić information content (AvgIpc) is 3.16. The number of hydrogen-bond donors (Lipinski definition) is 1. The van der Waals surface area contributed by atoms with Gasteiger partial charge in [-0.05, 0) is 22.6 Å². The molecule has 3 rings (SSSR count). The fraction of sp³-hybridized carbons (Fsp3) is 0.200. The second-order valence-corrected chi connectivity index (χ2v) is 5.51. The van der Waals surface area contributed by atoms with Crippen LogP contribution in [0.15, 0.2) is 54.2 Å². The molecule has 5 heteroatoms. The van der Waals surface area contributed by atoms with Gasteiger partial charge in [-0.15, -0.1) is 16.4 Å². The van der Waals surface area contributed by atoms with Gasteiger partial charge in [0.2, 0.25) is 0 Å². The van der Waals surface area contributed by atoms with Crippen molar-refractivity contribution in [3.63, 3.8) is 0 Å². The van der Waals surface area contributed by atoms with Crippen molar-refractivity contribution in [3.05, 3.63) is 59.0 Å². The molecule has 102 valence electrons. The maximum atomic E-state index is 3.93. The molecule has 0 unspecified atom stereocenters. The number of aromatic nitrogens is 3. The molecule has 0 aliphatic carbocycles. The molecule has 1 aromatic carbocycles. The number of thiophene rings is 1. The van der Waals surface area contributed by atoms with Crippen LogP contribution in [0.4, 0.5) is 0 Å². The molecular formula is C15H16N4S. The van der Waals surface area contributed by atoms with Gasteiger partial charge in [0.05, 0.1) is 12.7 Å². The minimum atomic E-state index is 0.844. The van der Waals surface area contributed by atoms with Crippen molar-refractivity contribution in [1.29, 1.82) is 0 Å². The van der Waals surface area contributed by atoms with Gasteiger partial charge in [0, 0.05) is 24.2 Å². The van der Waals surface area contributed by atoms with Crippen LogP contribution in [0.3, 0.4) is 0 Å². The second-order valence-electron chi connectivity index (χ2n) is 4.51. The highest BCUT2D eigenvalue weighted by Crippen LogP contribution is 2.25. The quantitative estimate of drug-likeness (QED) is 0.708. The minimum absolute atomic E-state index is 0.844. The lowest BCUT2D eigenvalue weighted by Crippen LogP contribution is -2.19. The summed E-state index contributed by atoms with van der Waals surface area (Å²) in [6, 6.07) is 12.7. The fourth-order valence-corrected chi connectivity index (χ4v) is 2.88. The average molecular weight is 284 g/mol. The normalized spacial score (nSPS) is 10.8. The number of hydrogen-bond acceptors (Lipinski definition) is 4. The number of nitrogens with zero attached hydrogens (tertiary/aromatic N) is 3. The molecule has 0 atom stereocenters. The lowest BCUT2D eigenvalue weighted by Gasteiger charge is -2.02. The van der Waals surface area contributed by atoms with Gasteiger partial charge in [0.15, 0.2) is 0 Å². The molecule has 0 aliphatic rings. The lowest BCUT2D eigenvalue weighted by atomic mass is 10.1. The van der Waals surface area contributed by atoms with Gasteiger partial charge in [-0.25, -0.2) is 0 Å². The molecule has 3 aromatic rings. The Bertz CT molecular complexity index is 631. The summed E-state index contributed by atoms with van der Waals surface area (Å²) < 4.78 is 1.83. The number of rotatable bonds is 6. The predicted octanol–water partition coefficient (Wildman–Crippen LogP) is 2.80. The Hall–Kier alpha value is -1.98. The molecule has 0 saturated carbocycles. The summed E-state index contributed by atoms with van der Waals surface area (Å²) in [7, 11) is 0. The summed E-state index contributed by atoms with van der Waals surface area (Å²) in [5.74, 6) is 0. The molecule has 1 N–H and O–H groups in total. The van der Waals surface area contributed by atoms with E-state index in [1.54, 1.807) is 17.5 Å². The van der Waals surface area contributed by atoms with Crippen LogP contribution in [0.25, 0.3) is 11.1 Å². The summed E-state index contributed by atoms with van der Waals surface area (Å²) >= 11 is 1.80. The van der Waals surface area contributed by atoms with E-state index in [1.807, 2.05) is 16.9 Å². The maximum absolute atomic E-state index is 3.93. The van der Waals surface area contributed by atoms with Crippen molar-refractivity contribution in [2.75, 3.05) is 6.54 Å². The van der Waals surface area contributed by atoms with Crippen LogP contribution >= 0.6 is 11.3 Å². The van der Waals surface area contributed by atoms with Gasteiger partial charge in [0.1, 0.15) is 0 Å². The van der Waals surface area contributed by atoms with Gasteiger partial charge in [-0.1, -0.05) is 35.5 Å². The number of benzene rings is 1. The van der Waals surface area contributed by atoms with Gasteiger partial charge >= 0.3 is 0 Å². The molecule has 0 aliphatic heterocycles. The molecule has 0 saturated heterocycles. The van der Waals surface area contributed by atoms with Crippen LogP contribution in [0.1, 0.15) is 4.88 Å². The third-order valence-corrected chi connectivity index (χ3v) is 3.99. The van der Waals surface area contributed by atoms with E-state index in [1.165, 1.54) is 16.0 Å². The van der Waals surface area contributed by atoms with Crippen molar-refractivity contribution < 1.29 is 0 Å². The van der Waals surface area contributed by atoms with Gasteiger partial charge in [-0.2, -0.15) is 0 Å². The topological polar surface area (TPSA) is 42.7 Å². The van der Waals surface area contributed by atoms with Crippen molar-refractivity contribution in [2.24, 2.45) is 0 Å². The highest BCUT2D eigenvalue weighted by molar-refractivity contribution is 7.10. The Morgan fingerprint density at radius 2 is 2.05 bits per heavy atom. The van der Waals surface area contributed by atoms with E-state index in [4.69, 9.17) is 0 Å². The van der Waals surface area contributed by atoms with Crippen LogP contribution in [-0.4, -0.2) is 21.5 Å². The zero-order chi connectivity index (χ0) is 13.6. The van der Waals surface area contributed by atoms with E-state index in [2.05, 4.69) is 51.3 Å². The molecular weight excluding hydrogens is 268 g/mol. The third-order valence-electron chi connectivity index (χ3n) is 3.05. The van der Waals surface area contributed by atoms with Gasteiger partial charge < -0.3 is 5.32 Å². The summed E-state index contributed by atoms with van der Waals surface area (Å²) in [6.07, 6.45) is 3.58. The smallest absolute Gasteiger partial charge is 0.0692 e. The number of nitrogens with one attached hydrogen (secondary N) is 1. The second kappa shape index (κ2) is 6.45. The molecule has 0 amide bonds. The zero-order valence-corrected chi connectivity index (χ0v) is 11.9. The van der Waals surface area contributed by atoms with E-state index < -0.39 is 0 Å². The SMILES string of the molecule is c1ccc(-c2csc(CNCCn3ccnn3)c2)cc1. The van der Waals surface area contributed by atoms with Gasteiger partial charge in [0.25, 0.3) is 0 Å². The van der Waals surface area contributed by atoms with E-state index in [0.717, 1.165) is 19.6 Å². The summed E-state index contributed by atoms with van der Waals surface area (Å²) in [5, 5.41) is 13.4. The Morgan fingerprint density at radius 3 is 2.85 bits per heavy atom. The molecule has 2 aromatic heterocycles. The molecule has 2 heterocycles. The Balaban J connectivity index is 1.50. The Labute approximate surface area is 122 Å². The van der Waals surface area contributed by atoms with Crippen LogP contribution in [0, 0.1) is 0 Å². The highest BCUT2D eigenvalue weighted by Gasteiger charge is 2.01. The van der Waals surface area contributed by atoms with E-state index in [0.29, 0.717) is 0 Å². The Kier molecular flexibility index (Phi) is 4.20. The fourth-order valence-electron chi connectivity index (χ4n) is 2.01. The van der Waals surface area contributed by atoms with Crippen LogP contribution in [0.5, 0.6) is 0 Å². The van der Waals surface area contributed by atoms with Crippen molar-refractivity contribution in [1.82, 2.24) is 20.3 Å². The zero-order valence-electron chi connectivity index (χ0n) is 11.1. The molecule has 0 radical (unpaired) electrons. The summed E-state index contributed by atoms with van der Waals surface area (Å²) in [6.45, 7) is 2.63.